The molecule has 2 atom stereocenters. The second-order valence-corrected chi connectivity index (χ2v) is 15.0. The van der Waals surface area contributed by atoms with E-state index in [-0.39, 0.29) is 16.3 Å². The highest BCUT2D eigenvalue weighted by molar-refractivity contribution is 8.09. The first-order valence-corrected chi connectivity index (χ1v) is 13.9. The van der Waals surface area contributed by atoms with E-state index >= 15 is 0 Å². The lowest BCUT2D eigenvalue weighted by Gasteiger charge is -2.39. The van der Waals surface area contributed by atoms with Crippen LogP contribution < -0.4 is 0 Å². The number of thioether (sulfide) groups is 1. The van der Waals surface area contributed by atoms with E-state index in [0.717, 1.165) is 16.2 Å². The second kappa shape index (κ2) is 7.93. The highest BCUT2D eigenvalue weighted by Gasteiger charge is 2.48. The van der Waals surface area contributed by atoms with E-state index in [2.05, 4.69) is 33.9 Å². The number of carbonyl (C=O) groups is 1. The maximum Gasteiger partial charge on any atom is 0.231 e. The molecule has 0 bridgehead atoms. The Balaban J connectivity index is 1.85. The Kier molecular flexibility index (Phi) is 6.11. The van der Waals surface area contributed by atoms with Crippen molar-refractivity contribution in [1.29, 1.82) is 0 Å². The topological polar surface area (TPSA) is 38.8 Å². The van der Waals surface area contributed by atoms with E-state index < -0.39 is 14.6 Å². The molecule has 28 heavy (non-hydrogen) atoms. The molecule has 2 aliphatic heterocycles. The molecule has 1 fully saturated rings. The number of rotatable bonds is 6. The zero-order valence-corrected chi connectivity index (χ0v) is 20.1. The minimum absolute atomic E-state index is 0.0849. The molecule has 7 heteroatoms. The third-order valence-corrected chi connectivity index (χ3v) is 11.7. The Morgan fingerprint density at radius 2 is 1.96 bits per heavy atom. The summed E-state index contributed by atoms with van der Waals surface area (Å²) in [5.74, 6) is 0.0998. The fourth-order valence-corrected chi connectivity index (χ4v) is 5.91. The number of nitrogens with zero attached hydrogens (tertiary/aromatic N) is 1. The van der Waals surface area contributed by atoms with Gasteiger partial charge in [0.15, 0.2) is 14.6 Å². The molecule has 4 nitrogen and oxygen atoms in total. The highest BCUT2D eigenvalue weighted by atomic mass is 32.2. The number of β-lactam (4-membered cyclic amide) rings is 1. The predicted octanol–water partition coefficient (Wildman–Crippen LogP) is 5.76. The van der Waals surface area contributed by atoms with E-state index in [0.29, 0.717) is 17.9 Å². The molecule has 0 aliphatic carbocycles. The van der Waals surface area contributed by atoms with Gasteiger partial charge >= 0.3 is 0 Å². The normalized spacial score (nSPS) is 20.7. The molecule has 0 N–H and O–H groups in total. The Morgan fingerprint density at radius 1 is 1.32 bits per heavy atom. The largest absolute Gasteiger partial charge is 0.453 e. The minimum Gasteiger partial charge on any atom is -0.453 e. The van der Waals surface area contributed by atoms with Gasteiger partial charge in [-0.2, -0.15) is 0 Å². The fraction of sp³-hybridized carbons (Fsp3) is 0.524. The average Bonchev–Trinajstić information content (AvgIpc) is 2.93. The maximum atomic E-state index is 12.3. The molecular weight excluding hydrogens is 406 g/mol. The van der Waals surface area contributed by atoms with Crippen LogP contribution in [0.4, 0.5) is 0 Å². The Bertz CT molecular complexity index is 802. The molecule has 152 valence electrons. The van der Waals surface area contributed by atoms with Crippen LogP contribution in [0.15, 0.2) is 36.0 Å². The van der Waals surface area contributed by atoms with Crippen LogP contribution in [0, 0.1) is 0 Å². The summed E-state index contributed by atoms with van der Waals surface area (Å²) in [6, 6.07) is 10.1. The number of benzene rings is 1. The van der Waals surface area contributed by atoms with Crippen molar-refractivity contribution in [2.24, 2.45) is 0 Å². The first kappa shape index (κ1) is 21.6. The van der Waals surface area contributed by atoms with Crippen LogP contribution in [0.25, 0.3) is 4.91 Å². The third-order valence-electron chi connectivity index (χ3n) is 5.65. The van der Waals surface area contributed by atoms with Gasteiger partial charge in [0.25, 0.3) is 0 Å². The van der Waals surface area contributed by atoms with Crippen LogP contribution >= 0.6 is 24.0 Å². The first-order valence-electron chi connectivity index (χ1n) is 9.72. The van der Waals surface area contributed by atoms with E-state index in [1.807, 2.05) is 37.3 Å². The molecular formula is C21H29NO3S2Si. The lowest BCUT2D eigenvalue weighted by Crippen LogP contribution is -2.49. The van der Waals surface area contributed by atoms with Gasteiger partial charge in [0.2, 0.25) is 11.0 Å². The molecule has 0 radical (unpaired) electrons. The molecule has 0 spiro atoms. The summed E-state index contributed by atoms with van der Waals surface area (Å²) < 4.78 is 12.6. The van der Waals surface area contributed by atoms with Crippen molar-refractivity contribution in [3.8, 4) is 0 Å². The molecule has 0 saturated carbocycles. The Morgan fingerprint density at radius 3 is 2.50 bits per heavy atom. The molecule has 0 unspecified atom stereocenters. The van der Waals surface area contributed by atoms with Gasteiger partial charge in [-0.05, 0) is 35.9 Å². The van der Waals surface area contributed by atoms with Crippen molar-refractivity contribution >= 4 is 48.2 Å². The predicted molar refractivity (Wildman–Crippen MR) is 122 cm³/mol. The fourth-order valence-electron chi connectivity index (χ4n) is 2.91. The van der Waals surface area contributed by atoms with E-state index in [1.54, 1.807) is 16.7 Å². The molecule has 1 amide bonds. The van der Waals surface area contributed by atoms with Gasteiger partial charge in [-0.25, -0.2) is 0 Å². The van der Waals surface area contributed by atoms with Gasteiger partial charge in [-0.15, -0.1) is 0 Å². The zero-order chi connectivity index (χ0) is 20.7. The van der Waals surface area contributed by atoms with Crippen LogP contribution in [-0.4, -0.2) is 35.8 Å². The molecule has 2 heterocycles. The van der Waals surface area contributed by atoms with Gasteiger partial charge < -0.3 is 9.16 Å². The molecule has 1 aromatic rings. The summed E-state index contributed by atoms with van der Waals surface area (Å²) >= 11 is 7.37. The van der Waals surface area contributed by atoms with Gasteiger partial charge in [-0.1, -0.05) is 69.8 Å². The summed E-state index contributed by atoms with van der Waals surface area (Å²) in [6.45, 7) is 13.1. The van der Waals surface area contributed by atoms with Crippen LogP contribution in [0.2, 0.25) is 18.1 Å². The number of hydrogen-bond acceptors (Lipinski definition) is 5. The molecule has 1 aromatic carbocycles. The zero-order valence-electron chi connectivity index (χ0n) is 17.4. The first-order chi connectivity index (χ1) is 13.0. The van der Waals surface area contributed by atoms with E-state index in [1.165, 1.54) is 0 Å². The standard InChI is InChI=1S/C21H29NO3S2Si/c1-7-17(25-28(5,6)21(2,3)4)24-20(26)18-19(14-11-9-8-10-12-14)27-16-13-15(23)22(16)18/h8-12,16-17H,7,13H2,1-6H3/t16-,17+/m1/s1. The smallest absolute Gasteiger partial charge is 0.231 e. The number of fused-ring (bicyclic) bond motifs is 1. The highest BCUT2D eigenvalue weighted by Crippen LogP contribution is 2.51. The van der Waals surface area contributed by atoms with Crippen LogP contribution in [0.5, 0.6) is 0 Å². The van der Waals surface area contributed by atoms with Gasteiger partial charge in [0, 0.05) is 11.3 Å². The van der Waals surface area contributed by atoms with Crippen LogP contribution in [0.1, 0.15) is 46.1 Å². The minimum atomic E-state index is -1.99. The number of thiocarbonyl (C=S) groups is 1. The van der Waals surface area contributed by atoms with Gasteiger partial charge in [0.1, 0.15) is 5.70 Å². The van der Waals surface area contributed by atoms with Gasteiger partial charge in [-0.3, -0.25) is 9.69 Å². The van der Waals surface area contributed by atoms with E-state index in [9.17, 15) is 4.79 Å². The average molecular weight is 436 g/mol. The van der Waals surface area contributed by atoms with Crippen molar-refractivity contribution in [3.63, 3.8) is 0 Å². The summed E-state index contributed by atoms with van der Waals surface area (Å²) in [4.78, 5) is 15.1. The van der Waals surface area contributed by atoms with Crippen LogP contribution in [0.3, 0.4) is 0 Å². The summed E-state index contributed by atoms with van der Waals surface area (Å²) in [7, 11) is -1.99. The molecule has 2 aliphatic rings. The van der Waals surface area contributed by atoms with Gasteiger partial charge in [0.05, 0.1) is 11.8 Å². The number of amides is 1. The molecule has 0 aromatic heterocycles. The lowest BCUT2D eigenvalue weighted by atomic mass is 10.1. The number of ether oxygens (including phenoxy) is 1. The third kappa shape index (κ3) is 4.08. The molecule has 3 rings (SSSR count). The SMILES string of the molecule is CC[C@@H](OC(=S)C1=C(c2ccccc2)S[C@@H]2CC(=O)N12)O[Si](C)(C)C(C)(C)C. The summed E-state index contributed by atoms with van der Waals surface area (Å²) in [5, 5.41) is 0.565. The van der Waals surface area contributed by atoms with Crippen LogP contribution in [-0.2, 0) is 14.0 Å². The van der Waals surface area contributed by atoms with Crippen molar-refractivity contribution < 1.29 is 14.0 Å². The van der Waals surface area contributed by atoms with E-state index in [4.69, 9.17) is 21.4 Å². The molecule has 1 saturated heterocycles. The lowest BCUT2D eigenvalue weighted by molar-refractivity contribution is -0.138. The van der Waals surface area contributed by atoms with Crippen molar-refractivity contribution in [3.05, 3.63) is 41.6 Å². The Labute approximate surface area is 178 Å². The van der Waals surface area contributed by atoms with Crippen molar-refractivity contribution in [2.75, 3.05) is 0 Å². The number of hydrogen-bond donors (Lipinski definition) is 0. The summed E-state index contributed by atoms with van der Waals surface area (Å²) in [5.41, 5.74) is 1.79. The maximum absolute atomic E-state index is 12.3. The number of carbonyl (C=O) groups excluding carboxylic acids is 1. The Hall–Kier alpha value is -1.15. The summed E-state index contributed by atoms with van der Waals surface area (Å²) in [6.07, 6.45) is 0.842. The second-order valence-electron chi connectivity index (χ2n) is 8.71. The quantitative estimate of drug-likeness (QED) is 0.246. The monoisotopic (exact) mass is 435 g/mol. The van der Waals surface area contributed by atoms with Crippen molar-refractivity contribution in [1.82, 2.24) is 4.90 Å². The van der Waals surface area contributed by atoms with Crippen molar-refractivity contribution in [2.45, 2.75) is 70.3 Å².